The zero-order chi connectivity index (χ0) is 11.4. The molecule has 2 rings (SSSR count). The van der Waals surface area contributed by atoms with Crippen molar-refractivity contribution in [3.05, 3.63) is 24.5 Å². The van der Waals surface area contributed by atoms with Gasteiger partial charge < -0.3 is 5.73 Å². The summed E-state index contributed by atoms with van der Waals surface area (Å²) in [6.45, 7) is 3.18. The second-order valence-electron chi connectivity index (χ2n) is 4.75. The molecule has 3 heteroatoms. The van der Waals surface area contributed by atoms with E-state index >= 15 is 0 Å². The zero-order valence-corrected chi connectivity index (χ0v) is 10.6. The van der Waals surface area contributed by atoms with Gasteiger partial charge in [0.1, 0.15) is 0 Å². The molecule has 1 saturated carbocycles. The number of hydrogen-bond acceptors (Lipinski definition) is 3. The van der Waals surface area contributed by atoms with Crippen LogP contribution in [-0.4, -0.2) is 16.8 Å². The molecule has 1 fully saturated rings. The first-order valence-electron chi connectivity index (χ1n) is 6.06. The van der Waals surface area contributed by atoms with E-state index in [1.807, 2.05) is 24.2 Å². The average molecular weight is 236 g/mol. The fourth-order valence-electron chi connectivity index (χ4n) is 2.40. The molecule has 0 amide bonds. The van der Waals surface area contributed by atoms with E-state index in [1.54, 1.807) is 0 Å². The molecular formula is C13H20N2S. The van der Waals surface area contributed by atoms with E-state index < -0.39 is 0 Å². The third-order valence-electron chi connectivity index (χ3n) is 3.43. The standard InChI is InChI=1S/C13H20N2S/c1-10-2-3-11(9-14)13(8-10)16-12-4-6-15-7-5-12/h4-7,10-11,13H,2-3,8-9,14H2,1H3. The van der Waals surface area contributed by atoms with Crippen LogP contribution in [0, 0.1) is 11.8 Å². The molecule has 1 aliphatic rings. The highest BCUT2D eigenvalue weighted by Gasteiger charge is 2.28. The summed E-state index contributed by atoms with van der Waals surface area (Å²) < 4.78 is 0. The number of pyridine rings is 1. The van der Waals surface area contributed by atoms with Crippen LogP contribution in [0.15, 0.2) is 29.4 Å². The third-order valence-corrected chi connectivity index (χ3v) is 4.86. The monoisotopic (exact) mass is 236 g/mol. The molecule has 2 nitrogen and oxygen atoms in total. The molecule has 0 aliphatic heterocycles. The van der Waals surface area contributed by atoms with E-state index in [0.29, 0.717) is 11.2 Å². The predicted molar refractivity (Wildman–Crippen MR) is 69.4 cm³/mol. The summed E-state index contributed by atoms with van der Waals surface area (Å²) >= 11 is 1.98. The van der Waals surface area contributed by atoms with Gasteiger partial charge in [-0.3, -0.25) is 4.98 Å². The Hall–Kier alpha value is -0.540. The van der Waals surface area contributed by atoms with Crippen LogP contribution in [0.4, 0.5) is 0 Å². The van der Waals surface area contributed by atoms with Crippen molar-refractivity contribution in [1.29, 1.82) is 0 Å². The minimum atomic E-state index is 0.689. The molecule has 1 aromatic rings. The summed E-state index contributed by atoms with van der Waals surface area (Å²) in [5.74, 6) is 1.54. The maximum Gasteiger partial charge on any atom is 0.0278 e. The second kappa shape index (κ2) is 5.69. The number of rotatable bonds is 3. The lowest BCUT2D eigenvalue weighted by Crippen LogP contribution is -2.31. The molecular weight excluding hydrogens is 216 g/mol. The quantitative estimate of drug-likeness (QED) is 0.877. The van der Waals surface area contributed by atoms with E-state index in [0.717, 1.165) is 12.5 Å². The Morgan fingerprint density at radius 3 is 2.81 bits per heavy atom. The molecule has 1 aromatic heterocycles. The van der Waals surface area contributed by atoms with Crippen LogP contribution < -0.4 is 5.73 Å². The summed E-state index contributed by atoms with van der Waals surface area (Å²) in [5, 5.41) is 0.691. The normalized spacial score (nSPS) is 30.2. The highest BCUT2D eigenvalue weighted by molar-refractivity contribution is 8.00. The zero-order valence-electron chi connectivity index (χ0n) is 9.80. The van der Waals surface area contributed by atoms with Gasteiger partial charge in [0.05, 0.1) is 0 Å². The van der Waals surface area contributed by atoms with Crippen LogP contribution >= 0.6 is 11.8 Å². The van der Waals surface area contributed by atoms with Crippen molar-refractivity contribution in [3.63, 3.8) is 0 Å². The Balaban J connectivity index is 2.01. The third kappa shape index (κ3) is 2.98. The van der Waals surface area contributed by atoms with Gasteiger partial charge in [-0.05, 0) is 43.4 Å². The lowest BCUT2D eigenvalue weighted by molar-refractivity contribution is 0.306. The van der Waals surface area contributed by atoms with Crippen LogP contribution in [0.25, 0.3) is 0 Å². The molecule has 88 valence electrons. The van der Waals surface area contributed by atoms with Crippen molar-refractivity contribution < 1.29 is 0 Å². The summed E-state index contributed by atoms with van der Waals surface area (Å²) in [6.07, 6.45) is 7.67. The number of thioether (sulfide) groups is 1. The number of aromatic nitrogens is 1. The summed E-state index contributed by atoms with van der Waals surface area (Å²) in [7, 11) is 0. The molecule has 3 unspecified atom stereocenters. The molecule has 0 radical (unpaired) electrons. The Kier molecular flexibility index (Phi) is 4.24. The highest BCUT2D eigenvalue weighted by Crippen LogP contribution is 2.39. The molecule has 0 saturated heterocycles. The lowest BCUT2D eigenvalue weighted by atomic mass is 9.82. The number of nitrogens with two attached hydrogens (primary N) is 1. The van der Waals surface area contributed by atoms with Gasteiger partial charge in [-0.1, -0.05) is 13.3 Å². The summed E-state index contributed by atoms with van der Waals surface area (Å²) in [6, 6.07) is 4.19. The van der Waals surface area contributed by atoms with Crippen LogP contribution in [0.1, 0.15) is 26.2 Å². The molecule has 1 heterocycles. The van der Waals surface area contributed by atoms with E-state index in [1.165, 1.54) is 24.2 Å². The fourth-order valence-corrected chi connectivity index (χ4v) is 3.89. The molecule has 1 aliphatic carbocycles. The van der Waals surface area contributed by atoms with Crippen molar-refractivity contribution in [2.24, 2.45) is 17.6 Å². The van der Waals surface area contributed by atoms with Crippen molar-refractivity contribution in [3.8, 4) is 0 Å². The Morgan fingerprint density at radius 1 is 1.38 bits per heavy atom. The topological polar surface area (TPSA) is 38.9 Å². The number of hydrogen-bond donors (Lipinski definition) is 1. The van der Waals surface area contributed by atoms with Crippen molar-refractivity contribution in [2.45, 2.75) is 36.3 Å². The summed E-state index contributed by atoms with van der Waals surface area (Å²) in [5.41, 5.74) is 5.87. The van der Waals surface area contributed by atoms with Gasteiger partial charge in [-0.25, -0.2) is 0 Å². The van der Waals surface area contributed by atoms with Crippen LogP contribution in [0.3, 0.4) is 0 Å². The highest BCUT2D eigenvalue weighted by atomic mass is 32.2. The van der Waals surface area contributed by atoms with E-state index in [-0.39, 0.29) is 0 Å². The van der Waals surface area contributed by atoms with E-state index in [2.05, 4.69) is 24.0 Å². The summed E-state index contributed by atoms with van der Waals surface area (Å²) in [4.78, 5) is 5.38. The van der Waals surface area contributed by atoms with Crippen molar-refractivity contribution >= 4 is 11.8 Å². The van der Waals surface area contributed by atoms with Gasteiger partial charge in [0.15, 0.2) is 0 Å². The number of nitrogens with zero attached hydrogens (tertiary/aromatic N) is 1. The van der Waals surface area contributed by atoms with Gasteiger partial charge in [-0.2, -0.15) is 0 Å². The van der Waals surface area contributed by atoms with Crippen molar-refractivity contribution in [1.82, 2.24) is 4.98 Å². The van der Waals surface area contributed by atoms with Gasteiger partial charge in [0.25, 0.3) is 0 Å². The fraction of sp³-hybridized carbons (Fsp3) is 0.615. The Morgan fingerprint density at radius 2 is 2.12 bits per heavy atom. The maximum atomic E-state index is 5.87. The first-order chi connectivity index (χ1) is 7.79. The van der Waals surface area contributed by atoms with Crippen molar-refractivity contribution in [2.75, 3.05) is 6.54 Å². The van der Waals surface area contributed by atoms with Gasteiger partial charge in [0, 0.05) is 22.5 Å². The molecule has 0 spiro atoms. The first-order valence-corrected chi connectivity index (χ1v) is 6.94. The SMILES string of the molecule is CC1CCC(CN)C(Sc2ccncc2)C1. The Labute approximate surface area is 102 Å². The van der Waals surface area contributed by atoms with Gasteiger partial charge in [-0.15, -0.1) is 11.8 Å². The average Bonchev–Trinajstić information content (AvgIpc) is 2.31. The van der Waals surface area contributed by atoms with Crippen LogP contribution in [-0.2, 0) is 0 Å². The first kappa shape index (κ1) is 11.9. The largest absolute Gasteiger partial charge is 0.330 e. The molecule has 16 heavy (non-hydrogen) atoms. The molecule has 0 bridgehead atoms. The van der Waals surface area contributed by atoms with Gasteiger partial charge >= 0.3 is 0 Å². The second-order valence-corrected chi connectivity index (χ2v) is 6.07. The van der Waals surface area contributed by atoms with Crippen LogP contribution in [0.2, 0.25) is 0 Å². The molecule has 3 atom stereocenters. The predicted octanol–water partition coefficient (Wildman–Crippen LogP) is 2.94. The van der Waals surface area contributed by atoms with Gasteiger partial charge in [0.2, 0.25) is 0 Å². The van der Waals surface area contributed by atoms with E-state index in [9.17, 15) is 0 Å². The van der Waals surface area contributed by atoms with E-state index in [4.69, 9.17) is 5.73 Å². The smallest absolute Gasteiger partial charge is 0.0278 e. The minimum absolute atomic E-state index is 0.689. The molecule has 2 N–H and O–H groups in total. The Bertz CT molecular complexity index is 315. The lowest BCUT2D eigenvalue weighted by Gasteiger charge is -2.33. The minimum Gasteiger partial charge on any atom is -0.330 e. The molecule has 0 aromatic carbocycles. The maximum absolute atomic E-state index is 5.87. The van der Waals surface area contributed by atoms with Crippen LogP contribution in [0.5, 0.6) is 0 Å².